The van der Waals surface area contributed by atoms with E-state index in [1.54, 1.807) is 36.4 Å². The summed E-state index contributed by atoms with van der Waals surface area (Å²) in [5, 5.41) is 3.39. The first-order chi connectivity index (χ1) is 16.4. The Kier molecular flexibility index (Phi) is 5.96. The molecular weight excluding hydrogens is 448 g/mol. The lowest BCUT2D eigenvalue weighted by atomic mass is 9.73. The molecule has 0 aromatic heterocycles. The predicted octanol–water partition coefficient (Wildman–Crippen LogP) is 5.97. The molecule has 2 aliphatic rings. The van der Waals surface area contributed by atoms with E-state index in [2.05, 4.69) is 17.4 Å². The van der Waals surface area contributed by atoms with Crippen LogP contribution < -0.4 is 10.2 Å². The van der Waals surface area contributed by atoms with Gasteiger partial charge in [-0.1, -0.05) is 60.1 Å². The highest BCUT2D eigenvalue weighted by Crippen LogP contribution is 2.46. The van der Waals surface area contributed by atoms with Crippen molar-refractivity contribution < 1.29 is 14.4 Å². The Morgan fingerprint density at radius 2 is 1.62 bits per heavy atom. The average molecular weight is 473 g/mol. The molecule has 3 aromatic carbocycles. The largest absolute Gasteiger partial charge is 0.322 e. The molecule has 0 bridgehead atoms. The Morgan fingerprint density at radius 1 is 0.912 bits per heavy atom. The fraction of sp³-hybridized carbons (Fsp3) is 0.250. The number of anilines is 2. The fourth-order valence-electron chi connectivity index (χ4n) is 5.22. The number of hydrogen-bond acceptors (Lipinski definition) is 3. The van der Waals surface area contributed by atoms with Crippen molar-refractivity contribution in [2.45, 2.75) is 32.1 Å². The van der Waals surface area contributed by atoms with Gasteiger partial charge in [0.05, 0.1) is 23.1 Å². The standard InChI is InChI=1S/C28H25ClN2O3/c1-17-11-13-20(29)16-24(17)30-26(32)22-9-5-6-10-25(22)31-27(33)21-14-12-19(15-23(21)28(31)34)18-7-3-2-4-8-18/h2-11,13,16,19,21,23H,12,14-15H2,1H3,(H,30,32)/t19-,21-,23+/m1/s1. The third-order valence-electron chi connectivity index (χ3n) is 7.03. The molecule has 0 unspecified atom stereocenters. The van der Waals surface area contributed by atoms with Crippen LogP contribution in [0.25, 0.3) is 0 Å². The highest BCUT2D eigenvalue weighted by atomic mass is 35.5. The van der Waals surface area contributed by atoms with Gasteiger partial charge >= 0.3 is 0 Å². The van der Waals surface area contributed by atoms with Gasteiger partial charge in [-0.25, -0.2) is 4.90 Å². The molecule has 1 N–H and O–H groups in total. The maximum Gasteiger partial charge on any atom is 0.257 e. The number of nitrogens with one attached hydrogen (secondary N) is 1. The van der Waals surface area contributed by atoms with Crippen molar-refractivity contribution in [1.29, 1.82) is 0 Å². The summed E-state index contributed by atoms with van der Waals surface area (Å²) in [6.07, 6.45) is 2.18. The highest BCUT2D eigenvalue weighted by Gasteiger charge is 2.51. The van der Waals surface area contributed by atoms with Crippen LogP contribution in [0.2, 0.25) is 5.02 Å². The number of imide groups is 1. The normalized spacial score (nSPS) is 21.9. The second-order valence-electron chi connectivity index (χ2n) is 9.08. The number of aryl methyl sites for hydroxylation is 1. The Labute approximate surface area is 203 Å². The first-order valence-corrected chi connectivity index (χ1v) is 11.9. The number of para-hydroxylation sites is 1. The Morgan fingerprint density at radius 3 is 2.41 bits per heavy atom. The number of fused-ring (bicyclic) bond motifs is 1. The minimum Gasteiger partial charge on any atom is -0.322 e. The third kappa shape index (κ3) is 4.01. The summed E-state index contributed by atoms with van der Waals surface area (Å²) in [6, 6.07) is 22.2. The summed E-state index contributed by atoms with van der Waals surface area (Å²) < 4.78 is 0. The Balaban J connectivity index is 1.42. The molecule has 1 saturated carbocycles. The Hall–Kier alpha value is -3.44. The van der Waals surface area contributed by atoms with Gasteiger partial charge in [0.25, 0.3) is 5.91 Å². The van der Waals surface area contributed by atoms with Crippen molar-refractivity contribution in [1.82, 2.24) is 0 Å². The first-order valence-electron chi connectivity index (χ1n) is 11.5. The second kappa shape index (κ2) is 9.07. The van der Waals surface area contributed by atoms with Crippen molar-refractivity contribution in [3.05, 3.63) is 94.5 Å². The van der Waals surface area contributed by atoms with E-state index < -0.39 is 5.91 Å². The van der Waals surface area contributed by atoms with Crippen molar-refractivity contribution in [2.24, 2.45) is 11.8 Å². The maximum atomic E-state index is 13.5. The number of carbonyl (C=O) groups is 3. The zero-order valence-electron chi connectivity index (χ0n) is 18.8. The summed E-state index contributed by atoms with van der Waals surface area (Å²) in [4.78, 5) is 41.4. The van der Waals surface area contributed by atoms with Gasteiger partial charge in [0.1, 0.15) is 0 Å². The monoisotopic (exact) mass is 472 g/mol. The molecule has 3 amide bonds. The van der Waals surface area contributed by atoms with E-state index in [9.17, 15) is 14.4 Å². The average Bonchev–Trinajstić information content (AvgIpc) is 3.11. The summed E-state index contributed by atoms with van der Waals surface area (Å²) in [5.41, 5.74) is 3.27. The van der Waals surface area contributed by atoms with Crippen LogP contribution in [0.15, 0.2) is 72.8 Å². The summed E-state index contributed by atoms with van der Waals surface area (Å²) in [6.45, 7) is 1.87. The smallest absolute Gasteiger partial charge is 0.257 e. The van der Waals surface area contributed by atoms with Crippen LogP contribution in [0.3, 0.4) is 0 Å². The molecule has 3 aromatic rings. The van der Waals surface area contributed by atoms with E-state index in [0.717, 1.165) is 12.0 Å². The summed E-state index contributed by atoms with van der Waals surface area (Å²) >= 11 is 6.10. The van der Waals surface area contributed by atoms with Crippen molar-refractivity contribution in [3.63, 3.8) is 0 Å². The minimum atomic E-state index is -0.390. The van der Waals surface area contributed by atoms with Crippen LogP contribution >= 0.6 is 11.6 Å². The number of nitrogens with zero attached hydrogens (tertiary/aromatic N) is 1. The molecule has 5 nitrogen and oxygen atoms in total. The number of hydrogen-bond donors (Lipinski definition) is 1. The van der Waals surface area contributed by atoms with E-state index in [-0.39, 0.29) is 35.1 Å². The number of benzene rings is 3. The highest BCUT2D eigenvalue weighted by molar-refractivity contribution is 6.31. The van der Waals surface area contributed by atoms with Gasteiger partial charge in [-0.05, 0) is 67.5 Å². The molecule has 0 spiro atoms. The lowest BCUT2D eigenvalue weighted by molar-refractivity contribution is -0.122. The molecule has 1 heterocycles. The van der Waals surface area contributed by atoms with Gasteiger partial charge in [0.2, 0.25) is 11.8 Å². The van der Waals surface area contributed by atoms with Crippen LogP contribution in [-0.2, 0) is 9.59 Å². The minimum absolute atomic E-state index is 0.208. The van der Waals surface area contributed by atoms with Crippen LogP contribution in [0.4, 0.5) is 11.4 Å². The van der Waals surface area contributed by atoms with E-state index in [1.165, 1.54) is 10.5 Å². The number of carbonyl (C=O) groups excluding carboxylic acids is 3. The van der Waals surface area contributed by atoms with E-state index in [1.807, 2.05) is 31.2 Å². The molecule has 34 heavy (non-hydrogen) atoms. The van der Waals surface area contributed by atoms with Crippen molar-refractivity contribution >= 4 is 40.7 Å². The van der Waals surface area contributed by atoms with Gasteiger partial charge < -0.3 is 5.32 Å². The van der Waals surface area contributed by atoms with Crippen LogP contribution in [0, 0.1) is 18.8 Å². The Bertz CT molecular complexity index is 1270. The van der Waals surface area contributed by atoms with Gasteiger partial charge in [-0.2, -0.15) is 0 Å². The van der Waals surface area contributed by atoms with E-state index >= 15 is 0 Å². The van der Waals surface area contributed by atoms with Gasteiger partial charge in [-0.15, -0.1) is 0 Å². The van der Waals surface area contributed by atoms with E-state index in [4.69, 9.17) is 11.6 Å². The molecule has 3 atom stereocenters. The topological polar surface area (TPSA) is 66.5 Å². The molecule has 5 rings (SSSR count). The van der Waals surface area contributed by atoms with Gasteiger partial charge in [0.15, 0.2) is 0 Å². The molecule has 2 fully saturated rings. The summed E-state index contributed by atoms with van der Waals surface area (Å²) in [7, 11) is 0. The lowest BCUT2D eigenvalue weighted by Gasteiger charge is -2.28. The third-order valence-corrected chi connectivity index (χ3v) is 7.27. The van der Waals surface area contributed by atoms with Gasteiger partial charge in [-0.3, -0.25) is 14.4 Å². The number of halogens is 1. The molecule has 1 saturated heterocycles. The first kappa shape index (κ1) is 22.4. The second-order valence-corrected chi connectivity index (χ2v) is 9.51. The van der Waals surface area contributed by atoms with Crippen molar-refractivity contribution in [2.75, 3.05) is 10.2 Å². The predicted molar refractivity (Wildman–Crippen MR) is 133 cm³/mol. The van der Waals surface area contributed by atoms with E-state index in [0.29, 0.717) is 29.2 Å². The SMILES string of the molecule is Cc1ccc(Cl)cc1NC(=O)c1ccccc1N1C(=O)[C@H]2C[C@H](c3ccccc3)CC[C@H]2C1=O. The summed E-state index contributed by atoms with van der Waals surface area (Å²) in [5.74, 6) is -1.26. The maximum absolute atomic E-state index is 13.5. The molecule has 6 heteroatoms. The number of amides is 3. The number of rotatable bonds is 4. The van der Waals surface area contributed by atoms with Crippen LogP contribution in [-0.4, -0.2) is 17.7 Å². The molecule has 172 valence electrons. The molecule has 1 aliphatic heterocycles. The quantitative estimate of drug-likeness (QED) is 0.475. The lowest BCUT2D eigenvalue weighted by Crippen LogP contribution is -2.33. The molecule has 1 aliphatic carbocycles. The molecular formula is C28H25ClN2O3. The zero-order valence-corrected chi connectivity index (χ0v) is 19.6. The van der Waals surface area contributed by atoms with Crippen molar-refractivity contribution in [3.8, 4) is 0 Å². The van der Waals surface area contributed by atoms with Crippen LogP contribution in [0.1, 0.15) is 46.7 Å². The van der Waals surface area contributed by atoms with Crippen LogP contribution in [0.5, 0.6) is 0 Å². The van der Waals surface area contributed by atoms with Gasteiger partial charge in [0, 0.05) is 10.7 Å². The molecule has 0 radical (unpaired) electrons. The fourth-order valence-corrected chi connectivity index (χ4v) is 5.40. The zero-order chi connectivity index (χ0) is 23.8.